The number of amides is 1. The zero-order chi connectivity index (χ0) is 24.9. The molecule has 0 spiro atoms. The molecule has 36 heavy (non-hydrogen) atoms. The van der Waals surface area contributed by atoms with Crippen molar-refractivity contribution >= 4 is 11.6 Å². The number of carbonyl (C=O) groups is 1. The molecule has 2 heterocycles. The number of rotatable bonds is 9. The second kappa shape index (κ2) is 11.0. The quantitative estimate of drug-likeness (QED) is 0.474. The van der Waals surface area contributed by atoms with Crippen LogP contribution in [0.25, 0.3) is 0 Å². The van der Waals surface area contributed by atoms with Crippen LogP contribution in [0.15, 0.2) is 61.1 Å². The Labute approximate surface area is 209 Å². The summed E-state index contributed by atoms with van der Waals surface area (Å²) in [5, 5.41) is 0. The van der Waals surface area contributed by atoms with E-state index in [2.05, 4.69) is 27.0 Å². The number of nitrogens with zero attached hydrogens (tertiary/aromatic N) is 3. The van der Waals surface area contributed by atoms with Gasteiger partial charge in [0.2, 0.25) is 5.91 Å². The van der Waals surface area contributed by atoms with E-state index in [1.54, 1.807) is 30.7 Å². The average Bonchev–Trinajstić information content (AvgIpc) is 3.35. The molecule has 1 aliphatic carbocycles. The SMILES string of the molecule is O=C(Cc1c[nH]cn1)N1CCN(c2ccc(OC(F)F)c(OC3CCC3)c2)CC1Cc1ccccc1. The van der Waals surface area contributed by atoms with E-state index in [1.807, 2.05) is 23.1 Å². The Morgan fingerprint density at radius 3 is 2.64 bits per heavy atom. The minimum Gasteiger partial charge on any atom is -0.486 e. The number of anilines is 1. The smallest absolute Gasteiger partial charge is 0.387 e. The molecule has 7 nitrogen and oxygen atoms in total. The number of nitrogens with one attached hydrogen (secondary N) is 1. The third-order valence-corrected chi connectivity index (χ3v) is 6.86. The number of carbonyl (C=O) groups excluding carboxylic acids is 1. The Bertz CT molecular complexity index is 1140. The first-order valence-electron chi connectivity index (χ1n) is 12.4. The second-order valence-electron chi connectivity index (χ2n) is 9.29. The van der Waals surface area contributed by atoms with E-state index in [4.69, 9.17) is 9.47 Å². The number of H-pyrrole nitrogens is 1. The molecule has 2 aliphatic rings. The maximum atomic E-state index is 13.2. The summed E-state index contributed by atoms with van der Waals surface area (Å²) in [5.74, 6) is 0.431. The minimum absolute atomic E-state index is 0.0302. The summed E-state index contributed by atoms with van der Waals surface area (Å²) in [6.45, 7) is -1.14. The van der Waals surface area contributed by atoms with E-state index in [0.29, 0.717) is 37.5 Å². The van der Waals surface area contributed by atoms with Crippen LogP contribution in [0.1, 0.15) is 30.5 Å². The fourth-order valence-corrected chi connectivity index (χ4v) is 4.77. The van der Waals surface area contributed by atoms with E-state index < -0.39 is 6.61 Å². The predicted octanol–water partition coefficient (Wildman–Crippen LogP) is 4.45. The summed E-state index contributed by atoms with van der Waals surface area (Å²) in [5.41, 5.74) is 2.73. The van der Waals surface area contributed by atoms with Crippen LogP contribution in [-0.2, 0) is 17.6 Å². The van der Waals surface area contributed by atoms with Gasteiger partial charge in [0.05, 0.1) is 30.6 Å². The molecule has 1 saturated heterocycles. The Kier molecular flexibility index (Phi) is 7.34. The van der Waals surface area contributed by atoms with Crippen molar-refractivity contribution in [2.45, 2.75) is 50.9 Å². The lowest BCUT2D eigenvalue weighted by Crippen LogP contribution is -2.56. The van der Waals surface area contributed by atoms with Crippen molar-refractivity contribution in [3.63, 3.8) is 0 Å². The van der Waals surface area contributed by atoms with Crippen molar-refractivity contribution in [1.82, 2.24) is 14.9 Å². The molecular weight excluding hydrogens is 466 g/mol. The van der Waals surface area contributed by atoms with Gasteiger partial charge in [0.25, 0.3) is 0 Å². The Morgan fingerprint density at radius 1 is 1.11 bits per heavy atom. The van der Waals surface area contributed by atoms with Crippen molar-refractivity contribution in [3.8, 4) is 11.5 Å². The van der Waals surface area contributed by atoms with Gasteiger partial charge in [-0.05, 0) is 43.4 Å². The van der Waals surface area contributed by atoms with E-state index in [-0.39, 0.29) is 30.2 Å². The molecule has 2 aromatic carbocycles. The van der Waals surface area contributed by atoms with E-state index in [9.17, 15) is 13.6 Å². The highest BCUT2D eigenvalue weighted by Gasteiger charge is 2.32. The molecule has 1 aliphatic heterocycles. The molecule has 1 N–H and O–H groups in total. The normalized spacial score (nSPS) is 18.2. The fourth-order valence-electron chi connectivity index (χ4n) is 4.77. The van der Waals surface area contributed by atoms with Crippen molar-refractivity contribution in [1.29, 1.82) is 0 Å². The predicted molar refractivity (Wildman–Crippen MR) is 131 cm³/mol. The molecule has 3 aromatic rings. The van der Waals surface area contributed by atoms with Crippen molar-refractivity contribution in [2.75, 3.05) is 24.5 Å². The van der Waals surface area contributed by atoms with E-state index in [1.165, 1.54) is 0 Å². The van der Waals surface area contributed by atoms with Gasteiger partial charge in [-0.25, -0.2) is 4.98 Å². The largest absolute Gasteiger partial charge is 0.486 e. The molecule has 0 bridgehead atoms. The number of benzene rings is 2. The van der Waals surface area contributed by atoms with Gasteiger partial charge in [0, 0.05) is 37.6 Å². The molecular formula is C27H30F2N4O3. The number of aromatic amines is 1. The lowest BCUT2D eigenvalue weighted by atomic mass is 9.96. The van der Waals surface area contributed by atoms with Crippen LogP contribution in [0.3, 0.4) is 0 Å². The molecule has 2 fully saturated rings. The van der Waals surface area contributed by atoms with Crippen LogP contribution in [0.5, 0.6) is 11.5 Å². The maximum Gasteiger partial charge on any atom is 0.387 e. The maximum absolute atomic E-state index is 13.2. The van der Waals surface area contributed by atoms with Crippen LogP contribution in [0.4, 0.5) is 14.5 Å². The van der Waals surface area contributed by atoms with Gasteiger partial charge in [0.15, 0.2) is 11.5 Å². The third-order valence-electron chi connectivity index (χ3n) is 6.86. The van der Waals surface area contributed by atoms with Gasteiger partial charge in [-0.2, -0.15) is 8.78 Å². The van der Waals surface area contributed by atoms with Crippen LogP contribution >= 0.6 is 0 Å². The van der Waals surface area contributed by atoms with Crippen molar-refractivity contribution in [2.24, 2.45) is 0 Å². The fraction of sp³-hybridized carbons (Fsp3) is 0.407. The molecule has 1 aromatic heterocycles. The zero-order valence-corrected chi connectivity index (χ0v) is 20.0. The number of halogens is 2. The number of aromatic nitrogens is 2. The molecule has 190 valence electrons. The average molecular weight is 497 g/mol. The zero-order valence-electron chi connectivity index (χ0n) is 20.0. The van der Waals surface area contributed by atoms with E-state index in [0.717, 1.165) is 30.5 Å². The Balaban J connectivity index is 1.36. The van der Waals surface area contributed by atoms with Crippen LogP contribution in [0, 0.1) is 0 Å². The van der Waals surface area contributed by atoms with Gasteiger partial charge in [-0.1, -0.05) is 30.3 Å². The number of imidazole rings is 1. The topological polar surface area (TPSA) is 70.7 Å². The monoisotopic (exact) mass is 496 g/mol. The summed E-state index contributed by atoms with van der Waals surface area (Å²) in [4.78, 5) is 24.5. The second-order valence-corrected chi connectivity index (χ2v) is 9.29. The number of hydrogen-bond acceptors (Lipinski definition) is 5. The highest BCUT2D eigenvalue weighted by atomic mass is 19.3. The Morgan fingerprint density at radius 2 is 1.94 bits per heavy atom. The standard InChI is InChI=1S/C27H30F2N4O3/c28-27(29)36-24-10-9-21(15-25(24)35-23-7-4-8-23)32-11-12-33(26(34)14-20-16-30-18-31-20)22(17-32)13-19-5-2-1-3-6-19/h1-3,5-6,9-10,15-16,18,22-23,27H,4,7-8,11-14,17H2,(H,30,31). The highest BCUT2D eigenvalue weighted by Crippen LogP contribution is 2.37. The molecule has 5 rings (SSSR count). The van der Waals surface area contributed by atoms with Gasteiger partial charge in [-0.15, -0.1) is 0 Å². The Hall–Kier alpha value is -3.62. The third kappa shape index (κ3) is 5.78. The summed E-state index contributed by atoms with van der Waals surface area (Å²) in [7, 11) is 0. The number of hydrogen-bond donors (Lipinski definition) is 1. The summed E-state index contributed by atoms with van der Waals surface area (Å²) in [6.07, 6.45) is 7.20. The first-order chi connectivity index (χ1) is 17.5. The van der Waals surface area contributed by atoms with Gasteiger partial charge >= 0.3 is 6.61 Å². The lowest BCUT2D eigenvalue weighted by molar-refractivity contribution is -0.133. The highest BCUT2D eigenvalue weighted by molar-refractivity contribution is 5.79. The lowest BCUT2D eigenvalue weighted by Gasteiger charge is -2.43. The van der Waals surface area contributed by atoms with Gasteiger partial charge < -0.3 is 24.3 Å². The first-order valence-corrected chi connectivity index (χ1v) is 12.4. The molecule has 1 atom stereocenters. The van der Waals surface area contributed by atoms with Crippen molar-refractivity contribution < 1.29 is 23.0 Å². The minimum atomic E-state index is -2.92. The summed E-state index contributed by atoms with van der Waals surface area (Å²) in [6, 6.07) is 15.2. The van der Waals surface area contributed by atoms with Crippen LogP contribution < -0.4 is 14.4 Å². The van der Waals surface area contributed by atoms with Crippen LogP contribution in [0.2, 0.25) is 0 Å². The molecule has 1 unspecified atom stereocenters. The number of piperazine rings is 1. The summed E-state index contributed by atoms with van der Waals surface area (Å²) >= 11 is 0. The molecule has 1 amide bonds. The van der Waals surface area contributed by atoms with Crippen LogP contribution in [-0.4, -0.2) is 59.2 Å². The summed E-state index contributed by atoms with van der Waals surface area (Å²) < 4.78 is 36.7. The van der Waals surface area contributed by atoms with E-state index >= 15 is 0 Å². The van der Waals surface area contributed by atoms with Gasteiger partial charge in [0.1, 0.15) is 0 Å². The number of alkyl halides is 2. The van der Waals surface area contributed by atoms with Gasteiger partial charge in [-0.3, -0.25) is 4.79 Å². The molecule has 9 heteroatoms. The number of ether oxygens (including phenoxy) is 2. The first kappa shape index (κ1) is 24.1. The molecule has 0 radical (unpaired) electrons. The van der Waals surface area contributed by atoms with Crippen molar-refractivity contribution in [3.05, 3.63) is 72.3 Å². The molecule has 1 saturated carbocycles.